The lowest BCUT2D eigenvalue weighted by molar-refractivity contribution is 0.0694. The van der Waals surface area contributed by atoms with Crippen molar-refractivity contribution in [2.24, 2.45) is 0 Å². The van der Waals surface area contributed by atoms with Crippen molar-refractivity contribution in [1.29, 1.82) is 0 Å². The largest absolute Gasteiger partial charge is 0.478 e. The smallest absolute Gasteiger partial charge is 0.337 e. The van der Waals surface area contributed by atoms with Crippen LogP contribution >= 0.6 is 83.7 Å². The minimum atomic E-state index is -0.883. The molecular formula is C7H2BrI3O2. The fourth-order valence-electron chi connectivity index (χ4n) is 0.762. The topological polar surface area (TPSA) is 37.3 Å². The molecule has 0 aromatic heterocycles. The number of rotatable bonds is 1. The summed E-state index contributed by atoms with van der Waals surface area (Å²) in [6.45, 7) is 0. The number of benzene rings is 1. The maximum atomic E-state index is 10.9. The van der Waals surface area contributed by atoms with E-state index < -0.39 is 5.97 Å². The first-order valence-corrected chi connectivity index (χ1v) is 7.04. The van der Waals surface area contributed by atoms with Crippen LogP contribution in [0.3, 0.4) is 0 Å². The van der Waals surface area contributed by atoms with Crippen molar-refractivity contribution in [3.8, 4) is 0 Å². The Morgan fingerprint density at radius 2 is 1.85 bits per heavy atom. The summed E-state index contributed by atoms with van der Waals surface area (Å²) in [6.07, 6.45) is 0. The number of carboxylic acid groups (broad SMARTS) is 1. The molecule has 0 aliphatic heterocycles. The van der Waals surface area contributed by atoms with Crippen molar-refractivity contribution >= 4 is 89.7 Å². The molecule has 1 aromatic carbocycles. The molecule has 0 unspecified atom stereocenters. The summed E-state index contributed by atoms with van der Waals surface area (Å²) in [5.74, 6) is -0.883. The summed E-state index contributed by atoms with van der Waals surface area (Å²) < 4.78 is 3.39. The van der Waals surface area contributed by atoms with Gasteiger partial charge in [-0.15, -0.1) is 0 Å². The molecule has 70 valence electrons. The molecule has 0 amide bonds. The second-order valence-corrected chi connectivity index (χ2v) is 6.34. The Morgan fingerprint density at radius 3 is 2.31 bits per heavy atom. The van der Waals surface area contributed by atoms with E-state index in [2.05, 4.69) is 38.5 Å². The Morgan fingerprint density at radius 1 is 1.31 bits per heavy atom. The minimum Gasteiger partial charge on any atom is -0.478 e. The van der Waals surface area contributed by atoms with Gasteiger partial charge in [0.05, 0.1) is 5.56 Å². The molecule has 0 atom stereocenters. The van der Waals surface area contributed by atoms with Crippen molar-refractivity contribution in [3.05, 3.63) is 26.8 Å². The van der Waals surface area contributed by atoms with Crippen molar-refractivity contribution in [2.75, 3.05) is 0 Å². The molecule has 0 saturated carbocycles. The monoisotopic (exact) mass is 578 g/mol. The van der Waals surface area contributed by atoms with Crippen LogP contribution in [0.25, 0.3) is 0 Å². The van der Waals surface area contributed by atoms with E-state index in [4.69, 9.17) is 5.11 Å². The highest BCUT2D eigenvalue weighted by Crippen LogP contribution is 2.31. The number of carboxylic acids is 1. The van der Waals surface area contributed by atoms with Crippen molar-refractivity contribution in [3.63, 3.8) is 0 Å². The van der Waals surface area contributed by atoms with Gasteiger partial charge in [0.15, 0.2) is 0 Å². The second-order valence-electron chi connectivity index (χ2n) is 2.15. The van der Waals surface area contributed by atoms with Crippen LogP contribution in [0.2, 0.25) is 0 Å². The molecule has 0 fully saturated rings. The third kappa shape index (κ3) is 2.68. The van der Waals surface area contributed by atoms with Gasteiger partial charge in [0.25, 0.3) is 0 Å². The van der Waals surface area contributed by atoms with Crippen molar-refractivity contribution in [1.82, 2.24) is 0 Å². The first-order valence-electron chi connectivity index (χ1n) is 3.01. The zero-order valence-electron chi connectivity index (χ0n) is 5.94. The van der Waals surface area contributed by atoms with Gasteiger partial charge in [-0.05, 0) is 89.8 Å². The van der Waals surface area contributed by atoms with Gasteiger partial charge in [-0.1, -0.05) is 0 Å². The van der Waals surface area contributed by atoms with E-state index in [0.717, 1.165) is 15.2 Å². The maximum Gasteiger partial charge on any atom is 0.337 e. The fourth-order valence-corrected chi connectivity index (χ4v) is 4.91. The van der Waals surface area contributed by atoms with Crippen molar-refractivity contribution in [2.45, 2.75) is 0 Å². The lowest BCUT2D eigenvalue weighted by Gasteiger charge is -2.06. The molecule has 13 heavy (non-hydrogen) atoms. The standard InChI is InChI=1S/C7H2BrI3O2/c8-5-3(10)1-2(9)4(6(5)11)7(12)13/h1H,(H,12,13). The zero-order valence-corrected chi connectivity index (χ0v) is 14.0. The first-order chi connectivity index (χ1) is 5.95. The lowest BCUT2D eigenvalue weighted by atomic mass is 10.2. The Bertz CT molecular complexity index is 378. The highest BCUT2D eigenvalue weighted by atomic mass is 127. The number of aromatic carboxylic acids is 1. The lowest BCUT2D eigenvalue weighted by Crippen LogP contribution is -2.04. The Labute approximate surface area is 124 Å². The summed E-state index contributed by atoms with van der Waals surface area (Å²) >= 11 is 9.58. The fraction of sp³-hybridized carbons (Fsp3) is 0. The van der Waals surface area contributed by atoms with Gasteiger partial charge >= 0.3 is 5.97 Å². The van der Waals surface area contributed by atoms with E-state index in [0.29, 0.717) is 5.56 Å². The highest BCUT2D eigenvalue weighted by molar-refractivity contribution is 14.1. The number of hydrogen-bond donors (Lipinski definition) is 1. The summed E-state index contributed by atoms with van der Waals surface area (Å²) in [5.41, 5.74) is 0.369. The van der Waals surface area contributed by atoms with Crippen LogP contribution in [0, 0.1) is 10.7 Å². The van der Waals surface area contributed by atoms with E-state index in [9.17, 15) is 4.79 Å². The van der Waals surface area contributed by atoms with E-state index >= 15 is 0 Å². The molecule has 0 saturated heterocycles. The van der Waals surface area contributed by atoms with Gasteiger partial charge in [-0.25, -0.2) is 4.79 Å². The van der Waals surface area contributed by atoms with E-state index in [-0.39, 0.29) is 0 Å². The van der Waals surface area contributed by atoms with Crippen LogP contribution in [-0.4, -0.2) is 11.1 Å². The summed E-state index contributed by atoms with van der Waals surface area (Å²) in [5, 5.41) is 8.93. The summed E-state index contributed by atoms with van der Waals surface area (Å²) in [6, 6.07) is 1.84. The number of hydrogen-bond acceptors (Lipinski definition) is 1. The molecule has 1 rings (SSSR count). The third-order valence-electron chi connectivity index (χ3n) is 1.33. The predicted molar refractivity (Wildman–Crippen MR) is 79.3 cm³/mol. The predicted octanol–water partition coefficient (Wildman–Crippen LogP) is 3.96. The van der Waals surface area contributed by atoms with Gasteiger partial charge in [0, 0.05) is 15.2 Å². The molecule has 0 radical (unpaired) electrons. The normalized spacial score (nSPS) is 10.2. The Hall–Kier alpha value is 1.36. The second kappa shape index (κ2) is 4.92. The van der Waals surface area contributed by atoms with Crippen molar-refractivity contribution < 1.29 is 9.90 Å². The van der Waals surface area contributed by atoms with E-state index in [1.807, 2.05) is 51.2 Å². The third-order valence-corrected chi connectivity index (χ3v) is 6.41. The average Bonchev–Trinajstić information content (AvgIpc) is 1.99. The van der Waals surface area contributed by atoms with Crippen LogP contribution in [0.4, 0.5) is 0 Å². The SMILES string of the molecule is O=C(O)c1c(I)cc(I)c(Br)c1I. The minimum absolute atomic E-state index is 0.369. The molecule has 0 aliphatic carbocycles. The van der Waals surface area contributed by atoms with Crippen LogP contribution in [0.1, 0.15) is 10.4 Å². The molecule has 2 nitrogen and oxygen atoms in total. The number of halogens is 4. The first kappa shape index (κ1) is 12.4. The van der Waals surface area contributed by atoms with Gasteiger partial charge in [0.2, 0.25) is 0 Å². The van der Waals surface area contributed by atoms with Gasteiger partial charge in [0.1, 0.15) is 0 Å². The average molecular weight is 579 g/mol. The van der Waals surface area contributed by atoms with Crippen LogP contribution in [0.15, 0.2) is 10.5 Å². The Balaban J connectivity index is 3.53. The summed E-state index contributed by atoms with van der Waals surface area (Å²) in [7, 11) is 0. The van der Waals surface area contributed by atoms with Crippen LogP contribution < -0.4 is 0 Å². The highest BCUT2D eigenvalue weighted by Gasteiger charge is 2.17. The molecule has 0 bridgehead atoms. The molecular weight excluding hydrogens is 577 g/mol. The van der Waals surface area contributed by atoms with Crippen LogP contribution in [0.5, 0.6) is 0 Å². The van der Waals surface area contributed by atoms with Gasteiger partial charge in [-0.2, -0.15) is 0 Å². The van der Waals surface area contributed by atoms with Gasteiger partial charge in [-0.3, -0.25) is 0 Å². The molecule has 1 N–H and O–H groups in total. The number of carbonyl (C=O) groups is 1. The van der Waals surface area contributed by atoms with Crippen LogP contribution in [-0.2, 0) is 0 Å². The molecule has 0 aliphatic rings. The molecule has 0 heterocycles. The maximum absolute atomic E-state index is 10.9. The van der Waals surface area contributed by atoms with Gasteiger partial charge < -0.3 is 5.11 Å². The summed E-state index contributed by atoms with van der Waals surface area (Å²) in [4.78, 5) is 10.9. The van der Waals surface area contributed by atoms with E-state index in [1.165, 1.54) is 0 Å². The zero-order chi connectivity index (χ0) is 10.2. The molecule has 1 aromatic rings. The Kier molecular flexibility index (Phi) is 4.71. The quantitative estimate of drug-likeness (QED) is 0.311. The van der Waals surface area contributed by atoms with E-state index in [1.54, 1.807) is 0 Å². The molecule has 0 spiro atoms. The molecule has 6 heteroatoms.